The number of hydrogen-bond donors (Lipinski definition) is 0. The molecule has 0 saturated carbocycles. The van der Waals surface area contributed by atoms with E-state index in [-0.39, 0.29) is 21.7 Å². The predicted octanol–water partition coefficient (Wildman–Crippen LogP) is 10.6. The second-order valence-corrected chi connectivity index (χ2v) is 15.7. The maximum atomic E-state index is 4.10. The van der Waals surface area contributed by atoms with E-state index < -0.39 is 0 Å². The van der Waals surface area contributed by atoms with Crippen molar-refractivity contribution in [1.82, 2.24) is 0 Å². The largest absolute Gasteiger partial charge is 0.0761 e. The Morgan fingerprint density at radius 3 is 1.74 bits per heavy atom. The fourth-order valence-corrected chi connectivity index (χ4v) is 7.88. The number of hydrogen-bond acceptors (Lipinski definition) is 0. The van der Waals surface area contributed by atoms with Gasteiger partial charge in [-0.15, -0.1) is 0 Å². The lowest BCUT2D eigenvalue weighted by atomic mass is 9.63. The molecule has 0 bridgehead atoms. The third kappa shape index (κ3) is 3.53. The van der Waals surface area contributed by atoms with Crippen LogP contribution in [0.25, 0.3) is 11.1 Å². The average molecular weight is 566 g/mol. The second kappa shape index (κ2) is 8.07. The van der Waals surface area contributed by atoms with Gasteiger partial charge >= 0.3 is 0 Å². The SMILES string of the molecule is CC(C)(C)C1=CC2C(C=C1)c1cccc(Br)c1C21c2cc(C(C)(C)C)ccc2-c2ccc(C(C)(C)C)cc21. The van der Waals surface area contributed by atoms with E-state index in [0.717, 1.165) is 0 Å². The molecule has 1 heteroatoms. The lowest BCUT2D eigenvalue weighted by Gasteiger charge is -2.39. The zero-order valence-corrected chi connectivity index (χ0v) is 26.0. The van der Waals surface area contributed by atoms with Crippen LogP contribution in [0.15, 0.2) is 82.9 Å². The van der Waals surface area contributed by atoms with Crippen LogP contribution in [0.4, 0.5) is 0 Å². The van der Waals surface area contributed by atoms with Crippen molar-refractivity contribution in [2.75, 3.05) is 0 Å². The molecule has 3 aromatic carbocycles. The molecule has 0 saturated heterocycles. The quantitative estimate of drug-likeness (QED) is 0.254. The lowest BCUT2D eigenvalue weighted by molar-refractivity contribution is 0.437. The normalized spacial score (nSPS) is 21.2. The van der Waals surface area contributed by atoms with Gasteiger partial charge in [-0.1, -0.05) is 145 Å². The van der Waals surface area contributed by atoms with E-state index in [1.807, 2.05) is 0 Å². The van der Waals surface area contributed by atoms with Crippen molar-refractivity contribution in [3.8, 4) is 11.1 Å². The van der Waals surface area contributed by atoms with Crippen LogP contribution < -0.4 is 0 Å². The molecule has 0 aliphatic heterocycles. The van der Waals surface area contributed by atoms with E-state index in [1.165, 1.54) is 54.6 Å². The predicted molar refractivity (Wildman–Crippen MR) is 166 cm³/mol. The molecule has 3 aliphatic carbocycles. The smallest absolute Gasteiger partial charge is 0.0549 e. The van der Waals surface area contributed by atoms with E-state index in [9.17, 15) is 0 Å². The summed E-state index contributed by atoms with van der Waals surface area (Å²) in [7, 11) is 0. The Bertz CT molecular complexity index is 1460. The van der Waals surface area contributed by atoms with Crippen molar-refractivity contribution in [2.24, 2.45) is 11.3 Å². The van der Waals surface area contributed by atoms with Crippen LogP contribution in [-0.4, -0.2) is 0 Å². The van der Waals surface area contributed by atoms with Crippen LogP contribution in [0.2, 0.25) is 0 Å². The van der Waals surface area contributed by atoms with Gasteiger partial charge in [0.25, 0.3) is 0 Å². The van der Waals surface area contributed by atoms with Gasteiger partial charge in [-0.3, -0.25) is 0 Å². The van der Waals surface area contributed by atoms with Crippen LogP contribution in [-0.2, 0) is 16.2 Å². The molecule has 2 atom stereocenters. The van der Waals surface area contributed by atoms with Gasteiger partial charge in [0.2, 0.25) is 0 Å². The summed E-state index contributed by atoms with van der Waals surface area (Å²) in [4.78, 5) is 0. The van der Waals surface area contributed by atoms with Crippen molar-refractivity contribution in [2.45, 2.75) is 84.5 Å². The molecule has 0 aromatic heterocycles. The zero-order valence-electron chi connectivity index (χ0n) is 24.5. The first kappa shape index (κ1) is 25.9. The Hall–Kier alpha value is -2.38. The summed E-state index contributed by atoms with van der Waals surface area (Å²) in [6, 6.07) is 21.5. The first-order valence-corrected chi connectivity index (χ1v) is 14.9. The number of allylic oxidation sites excluding steroid dienone is 4. The molecule has 0 N–H and O–H groups in total. The average Bonchev–Trinajstić information content (AvgIpc) is 3.29. The molecule has 6 rings (SSSR count). The highest BCUT2D eigenvalue weighted by Crippen LogP contribution is 2.67. The minimum absolute atomic E-state index is 0.0786. The summed E-state index contributed by atoms with van der Waals surface area (Å²) in [5.41, 5.74) is 12.9. The molecule has 0 fully saturated rings. The van der Waals surface area contributed by atoms with E-state index in [1.54, 1.807) is 0 Å². The molecule has 3 aliphatic rings. The van der Waals surface area contributed by atoms with Gasteiger partial charge in [-0.05, 0) is 72.4 Å². The van der Waals surface area contributed by atoms with Crippen LogP contribution in [0.3, 0.4) is 0 Å². The van der Waals surface area contributed by atoms with Gasteiger partial charge in [-0.2, -0.15) is 0 Å². The number of rotatable bonds is 0. The molecule has 196 valence electrons. The second-order valence-electron chi connectivity index (χ2n) is 14.8. The Kier molecular flexibility index (Phi) is 5.50. The van der Waals surface area contributed by atoms with Crippen molar-refractivity contribution in [1.29, 1.82) is 0 Å². The van der Waals surface area contributed by atoms with Crippen molar-refractivity contribution in [3.63, 3.8) is 0 Å². The molecule has 0 radical (unpaired) electrons. The van der Waals surface area contributed by atoms with Gasteiger partial charge in [0.1, 0.15) is 0 Å². The van der Waals surface area contributed by atoms with Crippen LogP contribution in [0, 0.1) is 11.3 Å². The van der Waals surface area contributed by atoms with Gasteiger partial charge < -0.3 is 0 Å². The maximum absolute atomic E-state index is 4.10. The molecule has 0 amide bonds. The summed E-state index contributed by atoms with van der Waals surface area (Å²) in [6.07, 6.45) is 7.55. The van der Waals surface area contributed by atoms with Crippen LogP contribution >= 0.6 is 15.9 Å². The zero-order chi connectivity index (χ0) is 27.4. The van der Waals surface area contributed by atoms with Gasteiger partial charge in [-0.25, -0.2) is 0 Å². The van der Waals surface area contributed by atoms with Crippen molar-refractivity contribution < 1.29 is 0 Å². The van der Waals surface area contributed by atoms with E-state index in [2.05, 4.69) is 151 Å². The van der Waals surface area contributed by atoms with Gasteiger partial charge in [0.15, 0.2) is 0 Å². The summed E-state index contributed by atoms with van der Waals surface area (Å²) < 4.78 is 1.23. The Morgan fingerprint density at radius 2 is 1.24 bits per heavy atom. The molecular formula is C37H41Br. The third-order valence-electron chi connectivity index (χ3n) is 9.31. The Balaban J connectivity index is 1.78. The fraction of sp³-hybridized carbons (Fsp3) is 0.405. The molecular weight excluding hydrogens is 524 g/mol. The Labute approximate surface area is 238 Å². The summed E-state index contributed by atoms with van der Waals surface area (Å²) >= 11 is 4.10. The highest BCUT2D eigenvalue weighted by molar-refractivity contribution is 9.10. The summed E-state index contributed by atoms with van der Waals surface area (Å²) in [6.45, 7) is 21.1. The van der Waals surface area contributed by atoms with Crippen LogP contribution in [0.5, 0.6) is 0 Å². The first-order chi connectivity index (χ1) is 17.6. The topological polar surface area (TPSA) is 0 Å². The minimum Gasteiger partial charge on any atom is -0.0761 e. The molecule has 1 spiro atoms. The van der Waals surface area contributed by atoms with Gasteiger partial charge in [0.05, 0.1) is 5.41 Å². The molecule has 0 heterocycles. The molecule has 2 unspecified atom stereocenters. The van der Waals surface area contributed by atoms with Crippen molar-refractivity contribution >= 4 is 15.9 Å². The maximum Gasteiger partial charge on any atom is 0.0549 e. The molecule has 0 nitrogen and oxygen atoms in total. The summed E-state index contributed by atoms with van der Waals surface area (Å²) in [5, 5.41) is 0. The van der Waals surface area contributed by atoms with Crippen molar-refractivity contribution in [3.05, 3.63) is 116 Å². The fourth-order valence-electron chi connectivity index (χ4n) is 7.19. The van der Waals surface area contributed by atoms with Crippen LogP contribution in [0.1, 0.15) is 102 Å². The Morgan fingerprint density at radius 1 is 0.684 bits per heavy atom. The van der Waals surface area contributed by atoms with E-state index >= 15 is 0 Å². The summed E-state index contributed by atoms with van der Waals surface area (Å²) in [5.74, 6) is 0.671. The van der Waals surface area contributed by atoms with Gasteiger partial charge in [0, 0.05) is 16.3 Å². The highest BCUT2D eigenvalue weighted by atomic mass is 79.9. The third-order valence-corrected chi connectivity index (χ3v) is 9.97. The monoisotopic (exact) mass is 564 g/mol. The standard InChI is InChI=1S/C37H41Br/c1-34(2,3)22-13-16-25-26-17-14-23(35(4,5)6)20-30(26)37(29(25)19-22)31-21-24(36(7,8)9)15-18-27(31)28-11-10-12-32(38)33(28)37/h10-21,27,31H,1-9H3. The molecule has 3 aromatic rings. The van der Waals surface area contributed by atoms with E-state index in [0.29, 0.717) is 11.8 Å². The number of benzene rings is 3. The number of halogens is 1. The molecule has 38 heavy (non-hydrogen) atoms. The first-order valence-electron chi connectivity index (χ1n) is 14.1. The number of fused-ring (bicyclic) bond motifs is 10. The lowest BCUT2D eigenvalue weighted by Crippen LogP contribution is -2.35. The highest BCUT2D eigenvalue weighted by Gasteiger charge is 2.58. The van der Waals surface area contributed by atoms with E-state index in [4.69, 9.17) is 0 Å². The minimum atomic E-state index is -0.242.